The van der Waals surface area contributed by atoms with Gasteiger partial charge in [-0.25, -0.2) is 9.97 Å². The van der Waals surface area contributed by atoms with E-state index in [1.54, 1.807) is 23.7 Å². The number of hydrogen-bond acceptors (Lipinski definition) is 11. The number of aliphatic hydroxyl groups excluding tert-OH is 1. The van der Waals surface area contributed by atoms with Gasteiger partial charge in [0.15, 0.2) is 5.13 Å². The Morgan fingerprint density at radius 2 is 1.83 bits per heavy atom. The van der Waals surface area contributed by atoms with E-state index in [1.807, 2.05) is 24.3 Å². The van der Waals surface area contributed by atoms with E-state index in [0.717, 1.165) is 70.9 Å². The molecule has 0 radical (unpaired) electrons. The Balaban J connectivity index is 1.25. The first-order valence-electron chi connectivity index (χ1n) is 14.1. The molecule has 2 atom stereocenters. The van der Waals surface area contributed by atoms with Crippen LogP contribution in [-0.2, 0) is 11.3 Å². The van der Waals surface area contributed by atoms with Crippen molar-refractivity contribution in [3.05, 3.63) is 54.0 Å². The minimum atomic E-state index is -0.214. The van der Waals surface area contributed by atoms with Crippen LogP contribution >= 0.6 is 11.3 Å². The third kappa shape index (κ3) is 6.80. The zero-order valence-corrected chi connectivity index (χ0v) is 24.1. The molecule has 4 aromatic rings. The van der Waals surface area contributed by atoms with Crippen molar-refractivity contribution in [2.24, 2.45) is 0 Å². The summed E-state index contributed by atoms with van der Waals surface area (Å²) in [5, 5.41) is 26.9. The lowest BCUT2D eigenvalue weighted by molar-refractivity contribution is -0.0707. The van der Waals surface area contributed by atoms with Gasteiger partial charge in [0.2, 0.25) is 5.95 Å². The van der Waals surface area contributed by atoms with E-state index in [9.17, 15) is 10.4 Å². The predicted octanol–water partition coefficient (Wildman–Crippen LogP) is 5.09. The number of benzene rings is 1. The average molecular weight is 571 g/mol. The van der Waals surface area contributed by atoms with Gasteiger partial charge in [0.05, 0.1) is 39.8 Å². The molecule has 1 saturated carbocycles. The van der Waals surface area contributed by atoms with Gasteiger partial charge in [-0.05, 0) is 63.3 Å². The van der Waals surface area contributed by atoms with Gasteiger partial charge in [-0.15, -0.1) is 0 Å². The number of morpholine rings is 1. The van der Waals surface area contributed by atoms with Crippen molar-refractivity contribution < 1.29 is 9.84 Å². The minimum Gasteiger partial charge on any atom is -0.393 e. The molecular weight excluding hydrogens is 536 g/mol. The van der Waals surface area contributed by atoms with Crippen LogP contribution < -0.4 is 10.6 Å². The number of hydrogen-bond donors (Lipinski definition) is 3. The summed E-state index contributed by atoms with van der Waals surface area (Å²) >= 11 is 1.55. The lowest BCUT2D eigenvalue weighted by Crippen LogP contribution is -2.45. The van der Waals surface area contributed by atoms with Crippen molar-refractivity contribution >= 4 is 38.5 Å². The highest BCUT2D eigenvalue weighted by atomic mass is 32.1. The van der Waals surface area contributed by atoms with Crippen LogP contribution in [0.2, 0.25) is 0 Å². The number of ether oxygens (including phenoxy) is 1. The van der Waals surface area contributed by atoms with Gasteiger partial charge in [0.1, 0.15) is 11.9 Å². The number of nitrogens with zero attached hydrogens (tertiary/aromatic N) is 6. The molecule has 2 fully saturated rings. The Morgan fingerprint density at radius 3 is 2.61 bits per heavy atom. The van der Waals surface area contributed by atoms with Crippen LogP contribution in [-0.4, -0.2) is 67.4 Å². The van der Waals surface area contributed by atoms with Crippen molar-refractivity contribution in [1.29, 1.82) is 5.26 Å². The van der Waals surface area contributed by atoms with Gasteiger partial charge >= 0.3 is 0 Å². The smallest absolute Gasteiger partial charge is 0.225 e. The maximum absolute atomic E-state index is 9.93. The van der Waals surface area contributed by atoms with Gasteiger partial charge in [-0.2, -0.15) is 10.2 Å². The zero-order valence-electron chi connectivity index (χ0n) is 23.2. The van der Waals surface area contributed by atoms with Gasteiger partial charge < -0.3 is 20.5 Å². The fraction of sp³-hybridized carbons (Fsp3) is 0.433. The second kappa shape index (κ2) is 12.0. The third-order valence-corrected chi connectivity index (χ3v) is 8.45. The van der Waals surface area contributed by atoms with Gasteiger partial charge in [0.25, 0.3) is 0 Å². The van der Waals surface area contributed by atoms with Crippen LogP contribution in [0.1, 0.15) is 50.8 Å². The molecule has 10 nitrogen and oxygen atoms in total. The van der Waals surface area contributed by atoms with Crippen molar-refractivity contribution in [2.45, 2.75) is 70.4 Å². The highest BCUT2D eigenvalue weighted by molar-refractivity contribution is 7.22. The first-order valence-corrected chi connectivity index (χ1v) is 15.0. The SMILES string of the molecule is C[C@@H]1CN(Cc2cc(Nc3nc4ccc(-c5cncc(C#N)c5)cc4s3)nc(NC3CCC(O)CC3)n2)C[C@H](C)O1. The summed E-state index contributed by atoms with van der Waals surface area (Å²) in [4.78, 5) is 21.1. The number of anilines is 3. The molecular formula is C30H34N8O2S. The van der Waals surface area contributed by atoms with E-state index in [1.165, 1.54) is 0 Å². The summed E-state index contributed by atoms with van der Waals surface area (Å²) in [5.41, 5.74) is 4.22. The molecule has 0 spiro atoms. The van der Waals surface area contributed by atoms with E-state index in [-0.39, 0.29) is 24.4 Å². The highest BCUT2D eigenvalue weighted by Crippen LogP contribution is 2.32. The number of nitriles is 1. The topological polar surface area (TPSA) is 132 Å². The molecule has 6 rings (SSSR count). The number of aromatic nitrogens is 4. The van der Waals surface area contributed by atoms with Crippen LogP contribution in [0, 0.1) is 11.3 Å². The van der Waals surface area contributed by atoms with E-state index in [0.29, 0.717) is 23.9 Å². The Kier molecular flexibility index (Phi) is 8.07. The van der Waals surface area contributed by atoms with Crippen molar-refractivity contribution in [3.8, 4) is 17.2 Å². The first kappa shape index (κ1) is 27.5. The van der Waals surface area contributed by atoms with E-state index < -0.39 is 0 Å². The molecule has 1 saturated heterocycles. The van der Waals surface area contributed by atoms with Crippen LogP contribution in [0.3, 0.4) is 0 Å². The number of fused-ring (bicyclic) bond motifs is 1. The van der Waals surface area contributed by atoms with Gasteiger partial charge in [-0.3, -0.25) is 9.88 Å². The first-order chi connectivity index (χ1) is 19.9. The third-order valence-electron chi connectivity index (χ3n) is 7.51. The maximum atomic E-state index is 9.93. The summed E-state index contributed by atoms with van der Waals surface area (Å²) in [5.74, 6) is 1.28. The molecule has 0 bridgehead atoms. The maximum Gasteiger partial charge on any atom is 0.225 e. The second-order valence-electron chi connectivity index (χ2n) is 11.1. The fourth-order valence-electron chi connectivity index (χ4n) is 5.68. The summed E-state index contributed by atoms with van der Waals surface area (Å²) < 4.78 is 6.95. The van der Waals surface area contributed by atoms with E-state index in [4.69, 9.17) is 19.7 Å². The molecule has 0 amide bonds. The van der Waals surface area contributed by atoms with Crippen LogP contribution in [0.15, 0.2) is 42.7 Å². The largest absolute Gasteiger partial charge is 0.393 e. The summed E-state index contributed by atoms with van der Waals surface area (Å²) in [6.45, 7) is 6.62. The second-order valence-corrected chi connectivity index (χ2v) is 12.1. The predicted molar refractivity (Wildman–Crippen MR) is 160 cm³/mol. The van der Waals surface area contributed by atoms with E-state index >= 15 is 0 Å². The molecule has 2 aliphatic rings. The number of thiazole rings is 1. The minimum absolute atomic E-state index is 0.176. The Morgan fingerprint density at radius 1 is 1.02 bits per heavy atom. The molecule has 1 aliphatic carbocycles. The van der Waals surface area contributed by atoms with Gasteiger partial charge in [0, 0.05) is 49.7 Å². The van der Waals surface area contributed by atoms with Crippen LogP contribution in [0.25, 0.3) is 21.3 Å². The molecule has 3 aromatic heterocycles. The monoisotopic (exact) mass is 570 g/mol. The van der Waals surface area contributed by atoms with Crippen molar-refractivity contribution in [2.75, 3.05) is 23.7 Å². The fourth-order valence-corrected chi connectivity index (χ4v) is 6.59. The molecule has 41 heavy (non-hydrogen) atoms. The molecule has 0 unspecified atom stereocenters. The number of pyridine rings is 1. The molecule has 1 aliphatic heterocycles. The zero-order chi connectivity index (χ0) is 28.3. The Bertz CT molecular complexity index is 1550. The van der Waals surface area contributed by atoms with Crippen LogP contribution in [0.4, 0.5) is 16.9 Å². The Labute approximate surface area is 243 Å². The lowest BCUT2D eigenvalue weighted by atomic mass is 9.93. The van der Waals surface area contributed by atoms with Crippen LogP contribution in [0.5, 0.6) is 0 Å². The quantitative estimate of drug-likeness (QED) is 0.276. The number of aliphatic hydroxyl groups is 1. The average Bonchev–Trinajstić information content (AvgIpc) is 3.35. The molecule has 212 valence electrons. The summed E-state index contributed by atoms with van der Waals surface area (Å²) in [6, 6.07) is 12.3. The normalized spacial score (nSPS) is 23.3. The van der Waals surface area contributed by atoms with Crippen molar-refractivity contribution in [1.82, 2.24) is 24.8 Å². The van der Waals surface area contributed by atoms with E-state index in [2.05, 4.69) is 46.5 Å². The summed E-state index contributed by atoms with van der Waals surface area (Å²) in [7, 11) is 0. The number of nitrogens with one attached hydrogen (secondary N) is 2. The standard InChI is InChI=1S/C30H34N8O2S/c1-18-15-38(16-19(2)40-18)17-24-11-28(36-29(34-24)33-23-4-6-25(39)7-5-23)37-30-35-26-8-3-21(10-27(26)41-30)22-9-20(12-31)13-32-14-22/h3,8-11,13-14,18-19,23,25,39H,4-7,15-17H2,1-2H3,(H2,33,34,35,36,37)/t18-,19+,23?,25?. The Hall–Kier alpha value is -3.69. The lowest BCUT2D eigenvalue weighted by Gasteiger charge is -2.35. The summed E-state index contributed by atoms with van der Waals surface area (Å²) in [6.07, 6.45) is 6.83. The number of rotatable bonds is 7. The molecule has 4 heterocycles. The molecule has 1 aromatic carbocycles. The van der Waals surface area contributed by atoms with Crippen molar-refractivity contribution in [3.63, 3.8) is 0 Å². The van der Waals surface area contributed by atoms with Gasteiger partial charge in [-0.1, -0.05) is 17.4 Å². The molecule has 3 N–H and O–H groups in total. The molecule has 11 heteroatoms. The highest BCUT2D eigenvalue weighted by Gasteiger charge is 2.24.